The van der Waals surface area contributed by atoms with Gasteiger partial charge >= 0.3 is 0 Å². The summed E-state index contributed by atoms with van der Waals surface area (Å²) in [6, 6.07) is 21.9. The van der Waals surface area contributed by atoms with Crippen LogP contribution in [-0.4, -0.2) is 4.57 Å². The fourth-order valence-corrected chi connectivity index (χ4v) is 2.31. The Morgan fingerprint density at radius 2 is 1.67 bits per heavy atom. The molecular formula is C18H11N3. The molecular weight excluding hydrogens is 258 g/mol. The molecule has 0 bridgehead atoms. The summed E-state index contributed by atoms with van der Waals surface area (Å²) in [5.41, 5.74) is 1.90. The molecule has 3 nitrogen and oxygen atoms in total. The fourth-order valence-electron chi connectivity index (χ4n) is 2.31. The van der Waals surface area contributed by atoms with Crippen LogP contribution in [0.5, 0.6) is 0 Å². The van der Waals surface area contributed by atoms with Gasteiger partial charge in [-0.1, -0.05) is 30.3 Å². The van der Waals surface area contributed by atoms with Gasteiger partial charge in [-0.2, -0.15) is 10.5 Å². The SMILES string of the molecule is N#CC(C#N)=Cc1cccn1-c1ccc2ccccc2c1. The quantitative estimate of drug-likeness (QED) is 0.659. The predicted molar refractivity (Wildman–Crippen MR) is 82.5 cm³/mol. The van der Waals surface area contributed by atoms with Crippen molar-refractivity contribution in [2.45, 2.75) is 0 Å². The topological polar surface area (TPSA) is 52.5 Å². The molecule has 0 aliphatic heterocycles. The molecule has 0 radical (unpaired) electrons. The maximum atomic E-state index is 8.88. The molecule has 0 N–H and O–H groups in total. The van der Waals surface area contributed by atoms with Gasteiger partial charge in [-0.05, 0) is 41.1 Å². The molecule has 0 atom stereocenters. The van der Waals surface area contributed by atoms with E-state index in [9.17, 15) is 0 Å². The summed E-state index contributed by atoms with van der Waals surface area (Å²) in [5.74, 6) is 0. The van der Waals surface area contributed by atoms with Gasteiger partial charge in [0.1, 0.15) is 17.7 Å². The number of benzene rings is 2. The lowest BCUT2D eigenvalue weighted by molar-refractivity contribution is 1.07. The Hall–Kier alpha value is -3.30. The van der Waals surface area contributed by atoms with Crippen molar-refractivity contribution >= 4 is 16.8 Å². The predicted octanol–water partition coefficient (Wildman–Crippen LogP) is 4.06. The van der Waals surface area contributed by atoms with Crippen LogP contribution in [0.2, 0.25) is 0 Å². The maximum Gasteiger partial charge on any atom is 0.131 e. The lowest BCUT2D eigenvalue weighted by Crippen LogP contribution is -1.95. The molecule has 21 heavy (non-hydrogen) atoms. The van der Waals surface area contributed by atoms with Crippen molar-refractivity contribution in [3.8, 4) is 17.8 Å². The van der Waals surface area contributed by atoms with Gasteiger partial charge in [0, 0.05) is 17.6 Å². The smallest absolute Gasteiger partial charge is 0.131 e. The largest absolute Gasteiger partial charge is 0.317 e. The Morgan fingerprint density at radius 3 is 2.43 bits per heavy atom. The van der Waals surface area contributed by atoms with E-state index >= 15 is 0 Å². The molecule has 0 spiro atoms. The molecule has 3 aromatic rings. The Balaban J connectivity index is 2.12. The van der Waals surface area contributed by atoms with Gasteiger partial charge in [-0.25, -0.2) is 0 Å². The molecule has 98 valence electrons. The average molecular weight is 269 g/mol. The molecule has 1 aromatic heterocycles. The van der Waals surface area contributed by atoms with Crippen LogP contribution in [0.4, 0.5) is 0 Å². The monoisotopic (exact) mass is 269 g/mol. The zero-order valence-corrected chi connectivity index (χ0v) is 11.2. The van der Waals surface area contributed by atoms with E-state index in [0.29, 0.717) is 0 Å². The highest BCUT2D eigenvalue weighted by Crippen LogP contribution is 2.21. The van der Waals surface area contributed by atoms with Gasteiger partial charge in [0.2, 0.25) is 0 Å². The van der Waals surface area contributed by atoms with E-state index < -0.39 is 0 Å². The summed E-state index contributed by atoms with van der Waals surface area (Å²) in [7, 11) is 0. The number of rotatable bonds is 2. The van der Waals surface area contributed by atoms with Gasteiger partial charge in [-0.3, -0.25) is 0 Å². The molecule has 1 heterocycles. The molecule has 0 amide bonds. The first-order valence-electron chi connectivity index (χ1n) is 6.50. The highest BCUT2D eigenvalue weighted by Gasteiger charge is 2.04. The first-order chi connectivity index (χ1) is 10.3. The van der Waals surface area contributed by atoms with Crippen LogP contribution in [0, 0.1) is 22.7 Å². The van der Waals surface area contributed by atoms with Crippen molar-refractivity contribution in [2.24, 2.45) is 0 Å². The van der Waals surface area contributed by atoms with Crippen LogP contribution in [0.1, 0.15) is 5.69 Å². The number of allylic oxidation sites excluding steroid dienone is 1. The van der Waals surface area contributed by atoms with E-state index in [4.69, 9.17) is 10.5 Å². The number of fused-ring (bicyclic) bond motifs is 1. The summed E-state index contributed by atoms with van der Waals surface area (Å²) in [6.45, 7) is 0. The molecule has 0 unspecified atom stereocenters. The van der Waals surface area contributed by atoms with Crippen LogP contribution in [0.25, 0.3) is 22.5 Å². The minimum absolute atomic E-state index is 0.0933. The molecule has 0 saturated carbocycles. The lowest BCUT2D eigenvalue weighted by atomic mass is 10.1. The Morgan fingerprint density at radius 1 is 0.905 bits per heavy atom. The summed E-state index contributed by atoms with van der Waals surface area (Å²) < 4.78 is 1.96. The van der Waals surface area contributed by atoms with Crippen LogP contribution in [-0.2, 0) is 0 Å². The normalized spacial score (nSPS) is 9.81. The first-order valence-corrected chi connectivity index (χ1v) is 6.50. The second-order valence-electron chi connectivity index (χ2n) is 4.62. The first kappa shape index (κ1) is 12.7. The highest BCUT2D eigenvalue weighted by atomic mass is 15.0. The van der Waals surface area contributed by atoms with E-state index in [2.05, 4.69) is 24.3 Å². The van der Waals surface area contributed by atoms with Gasteiger partial charge in [0.15, 0.2) is 0 Å². The Bertz CT molecular complexity index is 901. The molecule has 0 aliphatic carbocycles. The molecule has 0 aliphatic rings. The summed E-state index contributed by atoms with van der Waals surface area (Å²) in [6.07, 6.45) is 3.51. The maximum absolute atomic E-state index is 8.88. The van der Waals surface area contributed by atoms with Crippen LogP contribution >= 0.6 is 0 Å². The fraction of sp³-hybridized carbons (Fsp3) is 0. The number of nitriles is 2. The van der Waals surface area contributed by atoms with Crippen LogP contribution in [0.15, 0.2) is 66.4 Å². The molecule has 3 heteroatoms. The third kappa shape index (κ3) is 2.41. The second kappa shape index (κ2) is 5.36. The zero-order valence-electron chi connectivity index (χ0n) is 11.2. The Kier molecular flexibility index (Phi) is 3.25. The number of hydrogen-bond acceptors (Lipinski definition) is 2. The molecule has 2 aromatic carbocycles. The zero-order chi connectivity index (χ0) is 14.7. The third-order valence-electron chi connectivity index (χ3n) is 3.32. The minimum atomic E-state index is 0.0933. The van der Waals surface area contributed by atoms with Crippen molar-refractivity contribution in [2.75, 3.05) is 0 Å². The summed E-state index contributed by atoms with van der Waals surface area (Å²) >= 11 is 0. The van der Waals surface area contributed by atoms with Crippen molar-refractivity contribution in [3.05, 3.63) is 72.1 Å². The minimum Gasteiger partial charge on any atom is -0.317 e. The molecule has 0 fully saturated rings. The third-order valence-corrected chi connectivity index (χ3v) is 3.32. The average Bonchev–Trinajstić information content (AvgIpc) is 3.00. The highest BCUT2D eigenvalue weighted by molar-refractivity contribution is 5.84. The van der Waals surface area contributed by atoms with Gasteiger partial charge in [-0.15, -0.1) is 0 Å². The van der Waals surface area contributed by atoms with Gasteiger partial charge in [0.05, 0.1) is 0 Å². The van der Waals surface area contributed by atoms with Crippen LogP contribution in [0.3, 0.4) is 0 Å². The van der Waals surface area contributed by atoms with E-state index in [1.165, 1.54) is 5.39 Å². The summed E-state index contributed by atoms with van der Waals surface area (Å²) in [4.78, 5) is 0. The summed E-state index contributed by atoms with van der Waals surface area (Å²) in [5, 5.41) is 20.1. The van der Waals surface area contributed by atoms with Crippen molar-refractivity contribution in [1.29, 1.82) is 10.5 Å². The van der Waals surface area contributed by atoms with Gasteiger partial charge in [0.25, 0.3) is 0 Å². The second-order valence-corrected chi connectivity index (χ2v) is 4.62. The van der Waals surface area contributed by atoms with Crippen LogP contribution < -0.4 is 0 Å². The lowest BCUT2D eigenvalue weighted by Gasteiger charge is -2.08. The standard InChI is InChI=1S/C18H11N3/c19-12-14(13-20)10-17-6-3-9-21(17)18-8-7-15-4-1-2-5-16(15)11-18/h1-11H. The molecule has 0 saturated heterocycles. The number of nitrogens with zero attached hydrogens (tertiary/aromatic N) is 3. The van der Waals surface area contributed by atoms with Crippen molar-refractivity contribution in [1.82, 2.24) is 4.57 Å². The number of hydrogen-bond donors (Lipinski definition) is 0. The van der Waals surface area contributed by atoms with E-state index in [1.54, 1.807) is 6.08 Å². The van der Waals surface area contributed by atoms with Crippen molar-refractivity contribution in [3.63, 3.8) is 0 Å². The Labute approximate surface area is 122 Å². The van der Waals surface area contributed by atoms with E-state index in [1.807, 2.05) is 53.2 Å². The molecule has 3 rings (SSSR count). The van der Waals surface area contributed by atoms with Crippen molar-refractivity contribution < 1.29 is 0 Å². The van der Waals surface area contributed by atoms with Gasteiger partial charge < -0.3 is 4.57 Å². The van der Waals surface area contributed by atoms with E-state index in [0.717, 1.165) is 16.8 Å². The number of aromatic nitrogens is 1. The van der Waals surface area contributed by atoms with E-state index in [-0.39, 0.29) is 5.57 Å².